The Morgan fingerprint density at radius 3 is 2.32 bits per heavy atom. The standard InChI is InChI=1S/C50H56ClF3N6O7S/c1-7-36(8-2)58(24-23-57(6)42(61)19-20-43(62)66-31-32-13-10-9-11-14-32)28-33-15-12-16-34(25-33)46(64)56-47-44(38-21-22-59(30-41(38)68-47)48(65)67-49(3,4)5)45(63)35-27-55-60(29-35)37-17-18-40(51)39(26-37)50(52,53)54/h9-18,25-27,29,36H,7-8,19-24,28,30-31H2,1-6H3,(H,56,64). The number of fused-ring (bicyclic) bond motifs is 1. The molecule has 5 aromatic rings. The van der Waals surface area contributed by atoms with E-state index < -0.39 is 46.1 Å². The zero-order valence-corrected chi connectivity index (χ0v) is 40.5. The van der Waals surface area contributed by atoms with Crippen molar-refractivity contribution in [1.82, 2.24) is 24.5 Å². The van der Waals surface area contributed by atoms with Gasteiger partial charge in [-0.2, -0.15) is 18.3 Å². The smallest absolute Gasteiger partial charge is 0.417 e. The molecule has 13 nitrogen and oxygen atoms in total. The zero-order chi connectivity index (χ0) is 49.3. The van der Waals surface area contributed by atoms with Gasteiger partial charge in [-0.25, -0.2) is 9.48 Å². The van der Waals surface area contributed by atoms with E-state index in [2.05, 4.69) is 29.2 Å². The first kappa shape index (κ1) is 51.4. The van der Waals surface area contributed by atoms with E-state index in [1.165, 1.54) is 23.4 Å². The van der Waals surface area contributed by atoms with Crippen LogP contribution in [-0.4, -0.2) is 92.5 Å². The molecule has 6 rings (SSSR count). The van der Waals surface area contributed by atoms with Crippen molar-refractivity contribution < 1.29 is 46.6 Å². The first-order valence-electron chi connectivity index (χ1n) is 22.4. The second-order valence-electron chi connectivity index (χ2n) is 17.6. The molecule has 0 spiro atoms. The molecule has 2 aromatic heterocycles. The molecule has 68 heavy (non-hydrogen) atoms. The highest BCUT2D eigenvalue weighted by Crippen LogP contribution is 2.40. The summed E-state index contributed by atoms with van der Waals surface area (Å²) in [6.45, 7) is 11.4. The Bertz CT molecular complexity index is 2610. The van der Waals surface area contributed by atoms with Crippen molar-refractivity contribution in [3.63, 3.8) is 0 Å². The highest BCUT2D eigenvalue weighted by molar-refractivity contribution is 7.17. The number of nitrogens with one attached hydrogen (secondary N) is 1. The SMILES string of the molecule is CCC(CC)N(CCN(C)C(=O)CCC(=O)OCc1ccccc1)Cc1cccc(C(=O)Nc2sc3c(c2C(=O)c2cnn(-c4ccc(Cl)c(C(F)(F)F)c4)c2)CCN(C(=O)OC(C)(C)C)C3)c1. The molecule has 18 heteroatoms. The van der Waals surface area contributed by atoms with E-state index in [1.807, 2.05) is 36.4 Å². The number of ketones is 1. The molecule has 1 aliphatic rings. The Hall–Kier alpha value is -6.04. The van der Waals surface area contributed by atoms with Crippen LogP contribution in [0.5, 0.6) is 0 Å². The molecule has 0 atom stereocenters. The third-order valence-corrected chi connectivity index (χ3v) is 13.0. The molecule has 1 N–H and O–H groups in total. The van der Waals surface area contributed by atoms with Crippen molar-refractivity contribution in [3.05, 3.63) is 134 Å². The number of benzene rings is 3. The molecule has 0 saturated heterocycles. The first-order chi connectivity index (χ1) is 32.2. The molecule has 3 heterocycles. The van der Waals surface area contributed by atoms with Gasteiger partial charge in [0.05, 0.1) is 46.6 Å². The first-order valence-corrected chi connectivity index (χ1v) is 23.6. The van der Waals surface area contributed by atoms with Gasteiger partial charge in [0.1, 0.15) is 17.2 Å². The van der Waals surface area contributed by atoms with Gasteiger partial charge in [-0.1, -0.05) is 67.9 Å². The van der Waals surface area contributed by atoms with Gasteiger partial charge in [-0.3, -0.25) is 24.1 Å². The Kier molecular flexibility index (Phi) is 16.9. The maximum absolute atomic E-state index is 14.5. The minimum atomic E-state index is -4.72. The van der Waals surface area contributed by atoms with Crippen LogP contribution >= 0.6 is 22.9 Å². The van der Waals surface area contributed by atoms with Crippen LogP contribution in [0.15, 0.2) is 85.2 Å². The van der Waals surface area contributed by atoms with Gasteiger partial charge in [0, 0.05) is 62.3 Å². The summed E-state index contributed by atoms with van der Waals surface area (Å²) < 4.78 is 53.2. The molecule has 1 aliphatic heterocycles. The van der Waals surface area contributed by atoms with E-state index in [0.717, 1.165) is 52.1 Å². The fourth-order valence-corrected chi connectivity index (χ4v) is 9.32. The predicted molar refractivity (Wildman–Crippen MR) is 254 cm³/mol. The maximum Gasteiger partial charge on any atom is 0.417 e. The Morgan fingerprint density at radius 2 is 1.63 bits per heavy atom. The predicted octanol–water partition coefficient (Wildman–Crippen LogP) is 10.4. The third-order valence-electron chi connectivity index (χ3n) is 11.5. The second-order valence-corrected chi connectivity index (χ2v) is 19.1. The zero-order valence-electron chi connectivity index (χ0n) is 39.0. The van der Waals surface area contributed by atoms with Crippen LogP contribution in [0.25, 0.3) is 5.69 Å². The van der Waals surface area contributed by atoms with Gasteiger partial charge in [0.25, 0.3) is 5.91 Å². The van der Waals surface area contributed by atoms with Gasteiger partial charge >= 0.3 is 18.2 Å². The largest absolute Gasteiger partial charge is 0.461 e. The van der Waals surface area contributed by atoms with Gasteiger partial charge < -0.3 is 24.6 Å². The molecular formula is C50H56ClF3N6O7S. The Labute approximate surface area is 403 Å². The monoisotopic (exact) mass is 976 g/mol. The van der Waals surface area contributed by atoms with Crippen LogP contribution in [0.4, 0.5) is 23.0 Å². The summed E-state index contributed by atoms with van der Waals surface area (Å²) in [5.41, 5.74) is 1.18. The number of thiophene rings is 1. The van der Waals surface area contributed by atoms with Crippen molar-refractivity contribution in [3.8, 4) is 5.69 Å². The number of carbonyl (C=O) groups excluding carboxylic acids is 5. The van der Waals surface area contributed by atoms with Crippen LogP contribution in [0, 0.1) is 0 Å². The normalized spacial score (nSPS) is 12.8. The summed E-state index contributed by atoms with van der Waals surface area (Å²) in [5.74, 6) is -1.62. The summed E-state index contributed by atoms with van der Waals surface area (Å²) in [7, 11) is 1.71. The van der Waals surface area contributed by atoms with E-state index in [-0.39, 0.29) is 72.7 Å². The maximum atomic E-state index is 14.5. The molecule has 0 unspecified atom stereocenters. The fraction of sp³-hybridized carbons (Fsp3) is 0.400. The van der Waals surface area contributed by atoms with E-state index in [1.54, 1.807) is 50.9 Å². The number of esters is 1. The second kappa shape index (κ2) is 22.4. The molecule has 3 amide bonds. The number of aromatic nitrogens is 2. The van der Waals surface area contributed by atoms with Crippen LogP contribution < -0.4 is 5.32 Å². The van der Waals surface area contributed by atoms with Gasteiger partial charge in [-0.15, -0.1) is 11.3 Å². The lowest BCUT2D eigenvalue weighted by molar-refractivity contribution is -0.147. The molecular weight excluding hydrogens is 921 g/mol. The number of anilines is 1. The quantitative estimate of drug-likeness (QED) is 0.0670. The van der Waals surface area contributed by atoms with Crippen LogP contribution in [0.2, 0.25) is 5.02 Å². The molecule has 0 fully saturated rings. The van der Waals surface area contributed by atoms with Crippen molar-refractivity contribution >= 4 is 57.6 Å². The van der Waals surface area contributed by atoms with Crippen molar-refractivity contribution in [2.24, 2.45) is 0 Å². The van der Waals surface area contributed by atoms with Gasteiger partial charge in [0.2, 0.25) is 5.91 Å². The van der Waals surface area contributed by atoms with Crippen LogP contribution in [0.1, 0.15) is 114 Å². The van der Waals surface area contributed by atoms with E-state index >= 15 is 0 Å². The molecule has 0 bridgehead atoms. The molecule has 0 saturated carbocycles. The van der Waals surface area contributed by atoms with E-state index in [4.69, 9.17) is 21.1 Å². The number of halogens is 4. The van der Waals surface area contributed by atoms with Crippen molar-refractivity contribution in [2.45, 2.75) is 104 Å². The minimum Gasteiger partial charge on any atom is -0.461 e. The summed E-state index contributed by atoms with van der Waals surface area (Å²) in [5, 5.41) is 6.94. The molecule has 0 radical (unpaired) electrons. The lowest BCUT2D eigenvalue weighted by Gasteiger charge is -2.32. The number of hydrogen-bond acceptors (Lipinski definition) is 10. The van der Waals surface area contributed by atoms with E-state index in [0.29, 0.717) is 35.6 Å². The van der Waals surface area contributed by atoms with Crippen molar-refractivity contribution in [1.29, 1.82) is 0 Å². The van der Waals surface area contributed by atoms with Crippen LogP contribution in [0.3, 0.4) is 0 Å². The van der Waals surface area contributed by atoms with E-state index in [9.17, 15) is 37.1 Å². The van der Waals surface area contributed by atoms with Crippen LogP contribution in [-0.2, 0) is 51.4 Å². The fourth-order valence-electron chi connectivity index (χ4n) is 7.84. The summed E-state index contributed by atoms with van der Waals surface area (Å²) in [4.78, 5) is 73.3. The number of alkyl halides is 3. The number of likely N-dealkylation sites (N-methyl/N-ethyl adjacent to an activating group) is 1. The number of amides is 3. The number of rotatable bonds is 18. The summed E-state index contributed by atoms with van der Waals surface area (Å²) in [6, 6.07) is 20.0. The summed E-state index contributed by atoms with van der Waals surface area (Å²) >= 11 is 7.02. The molecule has 0 aliphatic carbocycles. The molecule has 3 aromatic carbocycles. The average Bonchev–Trinajstić information content (AvgIpc) is 3.94. The van der Waals surface area contributed by atoms with Gasteiger partial charge in [-0.05, 0) is 87.1 Å². The Balaban J connectivity index is 1.18. The number of ether oxygens (including phenoxy) is 2. The topological polar surface area (TPSA) is 143 Å². The highest BCUT2D eigenvalue weighted by Gasteiger charge is 2.35. The molecule has 362 valence electrons. The van der Waals surface area contributed by atoms with Crippen molar-refractivity contribution in [2.75, 3.05) is 32.0 Å². The average molecular weight is 978 g/mol. The lowest BCUT2D eigenvalue weighted by Crippen LogP contribution is -2.41. The summed E-state index contributed by atoms with van der Waals surface area (Å²) in [6.07, 6.45) is -0.706. The number of hydrogen-bond donors (Lipinski definition) is 1. The minimum absolute atomic E-state index is 0.0218. The Morgan fingerprint density at radius 1 is 0.912 bits per heavy atom. The number of carbonyl (C=O) groups is 5. The highest BCUT2D eigenvalue weighted by atomic mass is 35.5. The van der Waals surface area contributed by atoms with Gasteiger partial charge in [0.15, 0.2) is 5.78 Å². The lowest BCUT2D eigenvalue weighted by atomic mass is 9.97. The third kappa shape index (κ3) is 13.3. The number of nitrogens with zero attached hydrogens (tertiary/aromatic N) is 5.